The minimum atomic E-state index is -0.861. The molecule has 1 aliphatic rings. The van der Waals surface area contributed by atoms with Crippen LogP contribution in [0.5, 0.6) is 0 Å². The zero-order valence-corrected chi connectivity index (χ0v) is 12.7. The Bertz CT molecular complexity index is 733. The molecule has 0 bridgehead atoms. The Hall–Kier alpha value is -2.76. The lowest BCUT2D eigenvalue weighted by Crippen LogP contribution is -2.30. The van der Waals surface area contributed by atoms with Crippen LogP contribution in [0.15, 0.2) is 42.9 Å². The number of carboxylic acid groups (broad SMARTS) is 1. The average Bonchev–Trinajstić information content (AvgIpc) is 2.97. The molecule has 118 valence electrons. The van der Waals surface area contributed by atoms with Gasteiger partial charge in [-0.1, -0.05) is 37.3 Å². The highest BCUT2D eigenvalue weighted by atomic mass is 16.4. The third-order valence-electron chi connectivity index (χ3n) is 4.21. The van der Waals surface area contributed by atoms with Crippen LogP contribution in [0.2, 0.25) is 0 Å². The number of carbonyl (C=O) groups is 2. The van der Waals surface area contributed by atoms with Crippen LogP contribution < -0.4 is 0 Å². The van der Waals surface area contributed by atoms with Crippen molar-refractivity contribution in [3.63, 3.8) is 0 Å². The van der Waals surface area contributed by atoms with Gasteiger partial charge in [-0.3, -0.25) is 9.59 Å². The first-order valence-corrected chi connectivity index (χ1v) is 7.45. The van der Waals surface area contributed by atoms with Crippen molar-refractivity contribution in [2.75, 3.05) is 13.1 Å². The van der Waals surface area contributed by atoms with Gasteiger partial charge in [-0.25, -0.2) is 9.97 Å². The van der Waals surface area contributed by atoms with Gasteiger partial charge in [0.05, 0.1) is 17.2 Å². The maximum Gasteiger partial charge on any atom is 0.308 e. The van der Waals surface area contributed by atoms with E-state index in [-0.39, 0.29) is 18.4 Å². The minimum absolute atomic E-state index is 0.0683. The van der Waals surface area contributed by atoms with E-state index in [4.69, 9.17) is 0 Å². The monoisotopic (exact) mass is 311 g/mol. The molecule has 6 heteroatoms. The van der Waals surface area contributed by atoms with Gasteiger partial charge in [0.25, 0.3) is 5.91 Å². The van der Waals surface area contributed by atoms with Crippen molar-refractivity contribution < 1.29 is 14.7 Å². The number of carboxylic acids is 1. The molecular weight excluding hydrogens is 294 g/mol. The summed E-state index contributed by atoms with van der Waals surface area (Å²) in [6, 6.07) is 9.41. The topological polar surface area (TPSA) is 83.4 Å². The smallest absolute Gasteiger partial charge is 0.308 e. The summed E-state index contributed by atoms with van der Waals surface area (Å²) in [7, 11) is 0. The number of benzene rings is 1. The largest absolute Gasteiger partial charge is 0.481 e. The van der Waals surface area contributed by atoms with E-state index in [0.717, 1.165) is 5.56 Å². The first-order valence-electron chi connectivity index (χ1n) is 7.45. The second-order valence-electron chi connectivity index (χ2n) is 5.78. The quantitative estimate of drug-likeness (QED) is 0.936. The molecule has 1 N–H and O–H groups in total. The van der Waals surface area contributed by atoms with Crippen molar-refractivity contribution >= 4 is 11.9 Å². The van der Waals surface area contributed by atoms with E-state index in [9.17, 15) is 14.7 Å². The number of amides is 1. The number of aliphatic carboxylic acids is 1. The molecule has 0 radical (unpaired) electrons. The average molecular weight is 311 g/mol. The lowest BCUT2D eigenvalue weighted by Gasteiger charge is -2.17. The molecule has 1 aliphatic heterocycles. The highest BCUT2D eigenvalue weighted by Gasteiger charge is 2.37. The fourth-order valence-electron chi connectivity index (χ4n) is 2.94. The molecule has 1 saturated heterocycles. The van der Waals surface area contributed by atoms with Gasteiger partial charge in [0.15, 0.2) is 0 Å². The normalized spacial score (nSPS) is 20.5. The van der Waals surface area contributed by atoms with E-state index in [1.54, 1.807) is 4.90 Å². The van der Waals surface area contributed by atoms with Crippen LogP contribution in [-0.4, -0.2) is 44.9 Å². The number of hydrogen-bond donors (Lipinski definition) is 1. The van der Waals surface area contributed by atoms with Crippen molar-refractivity contribution in [2.24, 2.45) is 11.8 Å². The van der Waals surface area contributed by atoms with Crippen LogP contribution in [-0.2, 0) is 4.79 Å². The van der Waals surface area contributed by atoms with E-state index in [1.165, 1.54) is 12.5 Å². The van der Waals surface area contributed by atoms with Gasteiger partial charge < -0.3 is 10.0 Å². The first kappa shape index (κ1) is 15.1. The highest BCUT2D eigenvalue weighted by molar-refractivity contribution is 6.00. The van der Waals surface area contributed by atoms with E-state index < -0.39 is 11.9 Å². The Kier molecular flexibility index (Phi) is 4.06. The molecule has 0 spiro atoms. The van der Waals surface area contributed by atoms with Crippen molar-refractivity contribution in [1.82, 2.24) is 14.9 Å². The van der Waals surface area contributed by atoms with Gasteiger partial charge in [0, 0.05) is 24.8 Å². The lowest BCUT2D eigenvalue weighted by molar-refractivity contribution is -0.142. The van der Waals surface area contributed by atoms with Crippen LogP contribution in [0, 0.1) is 11.8 Å². The van der Waals surface area contributed by atoms with Crippen LogP contribution in [0.25, 0.3) is 11.3 Å². The van der Waals surface area contributed by atoms with Crippen molar-refractivity contribution in [1.29, 1.82) is 0 Å². The summed E-state index contributed by atoms with van der Waals surface area (Å²) in [5.74, 6) is -1.68. The molecule has 2 atom stereocenters. The summed E-state index contributed by atoms with van der Waals surface area (Å²) in [6.45, 7) is 2.50. The number of carbonyl (C=O) groups excluding carboxylic acids is 1. The molecule has 1 aromatic heterocycles. The molecule has 0 saturated carbocycles. The SMILES string of the molecule is C[C@@H]1CN(C(=O)c2cncnc2-c2ccccc2)C[C@H]1C(=O)O. The van der Waals surface area contributed by atoms with Crippen LogP contribution in [0.4, 0.5) is 0 Å². The number of hydrogen-bond acceptors (Lipinski definition) is 4. The van der Waals surface area contributed by atoms with Crippen molar-refractivity contribution in [3.8, 4) is 11.3 Å². The fraction of sp³-hybridized carbons (Fsp3) is 0.294. The third-order valence-corrected chi connectivity index (χ3v) is 4.21. The molecule has 2 heterocycles. The first-order chi connectivity index (χ1) is 11.1. The summed E-state index contributed by atoms with van der Waals surface area (Å²) < 4.78 is 0. The minimum Gasteiger partial charge on any atom is -0.481 e. The molecule has 2 aromatic rings. The van der Waals surface area contributed by atoms with E-state index >= 15 is 0 Å². The van der Waals surface area contributed by atoms with Crippen LogP contribution >= 0.6 is 0 Å². The third kappa shape index (κ3) is 2.92. The molecule has 1 aromatic carbocycles. The number of rotatable bonds is 3. The lowest BCUT2D eigenvalue weighted by atomic mass is 9.99. The standard InChI is InChI=1S/C17H17N3O3/c1-11-8-20(9-14(11)17(22)23)16(21)13-7-18-10-19-15(13)12-5-3-2-4-6-12/h2-7,10-11,14H,8-9H2,1H3,(H,22,23)/t11-,14-/m1/s1. The Morgan fingerprint density at radius 3 is 2.61 bits per heavy atom. The fourth-order valence-corrected chi connectivity index (χ4v) is 2.94. The number of likely N-dealkylation sites (tertiary alicyclic amines) is 1. The predicted molar refractivity (Wildman–Crippen MR) is 83.7 cm³/mol. The van der Waals surface area contributed by atoms with Gasteiger partial charge in [-0.15, -0.1) is 0 Å². The summed E-state index contributed by atoms with van der Waals surface area (Å²) in [5.41, 5.74) is 1.80. The van der Waals surface area contributed by atoms with Crippen LogP contribution in [0.3, 0.4) is 0 Å². The zero-order chi connectivity index (χ0) is 16.4. The summed E-state index contributed by atoms with van der Waals surface area (Å²) in [5, 5.41) is 9.22. The van der Waals surface area contributed by atoms with Gasteiger partial charge in [0.1, 0.15) is 6.33 Å². The number of nitrogens with zero attached hydrogens (tertiary/aromatic N) is 3. The zero-order valence-electron chi connectivity index (χ0n) is 12.7. The molecule has 0 unspecified atom stereocenters. The van der Waals surface area contributed by atoms with E-state index in [2.05, 4.69) is 9.97 Å². The molecular formula is C17H17N3O3. The Labute approximate surface area is 133 Å². The maximum atomic E-state index is 12.8. The molecule has 3 rings (SSSR count). The summed E-state index contributed by atoms with van der Waals surface area (Å²) in [6.07, 6.45) is 2.90. The molecule has 1 amide bonds. The Morgan fingerprint density at radius 1 is 1.22 bits per heavy atom. The predicted octanol–water partition coefficient (Wildman–Crippen LogP) is 1.94. The van der Waals surface area contributed by atoms with Gasteiger partial charge in [-0.2, -0.15) is 0 Å². The van der Waals surface area contributed by atoms with Gasteiger partial charge >= 0.3 is 5.97 Å². The molecule has 6 nitrogen and oxygen atoms in total. The van der Waals surface area contributed by atoms with Crippen LogP contribution in [0.1, 0.15) is 17.3 Å². The van der Waals surface area contributed by atoms with E-state index in [0.29, 0.717) is 17.8 Å². The summed E-state index contributed by atoms with van der Waals surface area (Å²) >= 11 is 0. The molecule has 23 heavy (non-hydrogen) atoms. The van der Waals surface area contributed by atoms with Crippen molar-refractivity contribution in [2.45, 2.75) is 6.92 Å². The van der Waals surface area contributed by atoms with Crippen molar-refractivity contribution in [3.05, 3.63) is 48.4 Å². The highest BCUT2D eigenvalue weighted by Crippen LogP contribution is 2.27. The maximum absolute atomic E-state index is 12.8. The second kappa shape index (κ2) is 6.16. The van der Waals surface area contributed by atoms with Gasteiger partial charge in [0.2, 0.25) is 0 Å². The second-order valence-corrected chi connectivity index (χ2v) is 5.78. The van der Waals surface area contributed by atoms with E-state index in [1.807, 2.05) is 37.3 Å². The van der Waals surface area contributed by atoms with Gasteiger partial charge in [-0.05, 0) is 5.92 Å². The number of aromatic nitrogens is 2. The molecule has 0 aliphatic carbocycles. The Balaban J connectivity index is 1.91. The Morgan fingerprint density at radius 2 is 1.96 bits per heavy atom. The summed E-state index contributed by atoms with van der Waals surface area (Å²) in [4.78, 5) is 33.8. The molecule has 1 fully saturated rings.